The molecule has 5 nitrogen and oxygen atoms in total. The number of amides is 2. The predicted molar refractivity (Wildman–Crippen MR) is 90.2 cm³/mol. The highest BCUT2D eigenvalue weighted by atomic mass is 16.5. The van der Waals surface area contributed by atoms with E-state index in [4.69, 9.17) is 4.74 Å². The highest BCUT2D eigenvalue weighted by molar-refractivity contribution is 6.08. The quantitative estimate of drug-likeness (QED) is 0.333. The number of carbonyl (C=O) groups excluding carboxylic acids is 3. The Morgan fingerprint density at radius 3 is 2.50 bits per heavy atom. The Labute approximate surface area is 143 Å². The number of ether oxygens (including phenoxy) is 1. The summed E-state index contributed by atoms with van der Waals surface area (Å²) in [6, 6.07) is 9.26. The molecular weight excluding hydrogens is 306 g/mol. The maximum absolute atomic E-state index is 12.8. The van der Waals surface area contributed by atoms with E-state index in [1.54, 1.807) is 6.92 Å². The highest BCUT2D eigenvalue weighted by Crippen LogP contribution is 2.35. The summed E-state index contributed by atoms with van der Waals surface area (Å²) in [5.74, 6) is -2.55. The number of hydrogen-bond acceptors (Lipinski definition) is 4. The van der Waals surface area contributed by atoms with Crippen LogP contribution in [0.3, 0.4) is 0 Å². The largest absolute Gasteiger partial charge is 0.465 e. The van der Waals surface area contributed by atoms with E-state index < -0.39 is 23.7 Å². The van der Waals surface area contributed by atoms with E-state index >= 15 is 0 Å². The van der Waals surface area contributed by atoms with E-state index in [2.05, 4.69) is 6.92 Å². The van der Waals surface area contributed by atoms with Gasteiger partial charge in [0.05, 0.1) is 6.61 Å². The predicted octanol–water partition coefficient (Wildman–Crippen LogP) is 2.90. The fourth-order valence-electron chi connectivity index (χ4n) is 3.14. The maximum Gasteiger partial charge on any atom is 0.319 e. The molecule has 0 radical (unpaired) electrons. The van der Waals surface area contributed by atoms with Crippen molar-refractivity contribution in [2.45, 2.75) is 45.4 Å². The van der Waals surface area contributed by atoms with Gasteiger partial charge >= 0.3 is 5.97 Å². The van der Waals surface area contributed by atoms with E-state index in [1.807, 2.05) is 30.3 Å². The summed E-state index contributed by atoms with van der Waals surface area (Å²) in [6.45, 7) is 4.37. The lowest BCUT2D eigenvalue weighted by atomic mass is 9.79. The van der Waals surface area contributed by atoms with E-state index in [-0.39, 0.29) is 18.9 Å². The molecule has 1 saturated heterocycles. The topological polar surface area (TPSA) is 63.7 Å². The van der Waals surface area contributed by atoms with Crippen molar-refractivity contribution in [2.75, 3.05) is 13.2 Å². The zero-order chi connectivity index (χ0) is 17.5. The molecule has 2 rings (SSSR count). The third kappa shape index (κ3) is 4.02. The molecule has 2 amide bonds. The van der Waals surface area contributed by atoms with Gasteiger partial charge in [-0.2, -0.15) is 0 Å². The van der Waals surface area contributed by atoms with Crippen LogP contribution >= 0.6 is 0 Å². The summed E-state index contributed by atoms with van der Waals surface area (Å²) in [5.41, 5.74) is 0.825. The van der Waals surface area contributed by atoms with Gasteiger partial charge in [0, 0.05) is 18.9 Å². The molecule has 130 valence electrons. The molecule has 0 aromatic heterocycles. The molecule has 0 aliphatic carbocycles. The second-order valence-electron chi connectivity index (χ2n) is 6.04. The first kappa shape index (κ1) is 18.2. The molecule has 5 heteroatoms. The fraction of sp³-hybridized carbons (Fsp3) is 0.526. The zero-order valence-electron chi connectivity index (χ0n) is 14.4. The van der Waals surface area contributed by atoms with Crippen molar-refractivity contribution in [3.05, 3.63) is 35.9 Å². The smallest absolute Gasteiger partial charge is 0.319 e. The first-order valence-corrected chi connectivity index (χ1v) is 8.65. The van der Waals surface area contributed by atoms with Crippen LogP contribution in [0.5, 0.6) is 0 Å². The molecule has 0 bridgehead atoms. The molecule has 24 heavy (non-hydrogen) atoms. The molecule has 1 aliphatic heterocycles. The van der Waals surface area contributed by atoms with Gasteiger partial charge < -0.3 is 4.74 Å². The number of imide groups is 1. The first-order chi connectivity index (χ1) is 11.6. The Morgan fingerprint density at radius 2 is 1.88 bits per heavy atom. The third-order valence-electron chi connectivity index (χ3n) is 4.38. The molecule has 1 aromatic rings. The lowest BCUT2D eigenvalue weighted by molar-refractivity contribution is -0.163. The van der Waals surface area contributed by atoms with E-state index in [9.17, 15) is 14.4 Å². The van der Waals surface area contributed by atoms with E-state index in [0.717, 1.165) is 24.8 Å². The van der Waals surface area contributed by atoms with Crippen molar-refractivity contribution in [3.8, 4) is 0 Å². The number of hydrogen-bond donors (Lipinski definition) is 0. The normalized spacial score (nSPS) is 21.0. The van der Waals surface area contributed by atoms with Crippen molar-refractivity contribution in [3.63, 3.8) is 0 Å². The number of rotatable bonds is 7. The van der Waals surface area contributed by atoms with Crippen LogP contribution in [0.4, 0.5) is 0 Å². The number of benzene rings is 1. The Hall–Kier alpha value is -2.17. The summed E-state index contributed by atoms with van der Waals surface area (Å²) >= 11 is 0. The van der Waals surface area contributed by atoms with Gasteiger partial charge in [0.25, 0.3) is 0 Å². The van der Waals surface area contributed by atoms with Gasteiger partial charge in [0.2, 0.25) is 11.8 Å². The molecule has 0 N–H and O–H groups in total. The molecular formula is C19H25NO4. The minimum atomic E-state index is -0.938. The molecule has 2 unspecified atom stereocenters. The fourth-order valence-corrected chi connectivity index (χ4v) is 3.14. The number of esters is 1. The van der Waals surface area contributed by atoms with Crippen LogP contribution in [-0.4, -0.2) is 35.8 Å². The molecule has 1 aromatic carbocycles. The van der Waals surface area contributed by atoms with Crippen LogP contribution in [0.2, 0.25) is 0 Å². The molecule has 0 spiro atoms. The lowest BCUT2D eigenvalue weighted by Gasteiger charge is -2.35. The Bertz CT molecular complexity index is 584. The van der Waals surface area contributed by atoms with Crippen LogP contribution in [0, 0.1) is 5.92 Å². The van der Waals surface area contributed by atoms with Gasteiger partial charge in [-0.25, -0.2) is 0 Å². The maximum atomic E-state index is 12.8. The average Bonchev–Trinajstić information content (AvgIpc) is 2.58. The van der Waals surface area contributed by atoms with Crippen molar-refractivity contribution in [1.82, 2.24) is 4.90 Å². The summed E-state index contributed by atoms with van der Waals surface area (Å²) in [7, 11) is 0. The highest BCUT2D eigenvalue weighted by Gasteiger charge is 2.46. The number of carbonyl (C=O) groups is 3. The van der Waals surface area contributed by atoms with Gasteiger partial charge in [-0.15, -0.1) is 0 Å². The van der Waals surface area contributed by atoms with Crippen molar-refractivity contribution in [2.24, 2.45) is 5.92 Å². The average molecular weight is 331 g/mol. The minimum absolute atomic E-state index is 0.158. The summed E-state index contributed by atoms with van der Waals surface area (Å²) in [5, 5.41) is 0. The second kappa shape index (κ2) is 8.62. The zero-order valence-corrected chi connectivity index (χ0v) is 14.4. The Kier molecular flexibility index (Phi) is 6.53. The van der Waals surface area contributed by atoms with Crippen molar-refractivity contribution in [1.29, 1.82) is 0 Å². The monoisotopic (exact) mass is 331 g/mol. The molecule has 1 heterocycles. The molecule has 0 saturated carbocycles. The minimum Gasteiger partial charge on any atom is -0.465 e. The number of likely N-dealkylation sites (tertiary alicyclic amines) is 1. The number of piperidine rings is 1. The van der Waals surface area contributed by atoms with Gasteiger partial charge in [0.1, 0.15) is 5.92 Å². The van der Waals surface area contributed by atoms with Gasteiger partial charge in [-0.05, 0) is 18.9 Å². The second-order valence-corrected chi connectivity index (χ2v) is 6.04. The van der Waals surface area contributed by atoms with Crippen LogP contribution in [-0.2, 0) is 19.1 Å². The SMILES string of the molecule is CCCCCN1C(=O)CC(c2ccccc2)C(C(=O)OCC)C1=O. The lowest BCUT2D eigenvalue weighted by Crippen LogP contribution is -2.51. The summed E-state index contributed by atoms with van der Waals surface area (Å²) < 4.78 is 5.11. The first-order valence-electron chi connectivity index (χ1n) is 8.65. The summed E-state index contributed by atoms with van der Waals surface area (Å²) in [6.07, 6.45) is 2.87. The van der Waals surface area contributed by atoms with Crippen molar-refractivity contribution < 1.29 is 19.1 Å². The van der Waals surface area contributed by atoms with E-state index in [1.165, 1.54) is 4.90 Å². The van der Waals surface area contributed by atoms with Gasteiger partial charge in [-0.3, -0.25) is 19.3 Å². The van der Waals surface area contributed by atoms with E-state index in [0.29, 0.717) is 6.54 Å². The molecule has 2 atom stereocenters. The van der Waals surface area contributed by atoms with Crippen LogP contribution in [0.15, 0.2) is 30.3 Å². The van der Waals surface area contributed by atoms with Crippen LogP contribution < -0.4 is 0 Å². The summed E-state index contributed by atoms with van der Waals surface area (Å²) in [4.78, 5) is 38.9. The molecule has 1 fully saturated rings. The molecule has 1 aliphatic rings. The standard InChI is InChI=1S/C19H25NO4/c1-3-5-9-12-20-16(21)13-15(14-10-7-6-8-11-14)17(18(20)22)19(23)24-4-2/h6-8,10-11,15,17H,3-5,9,12-13H2,1-2H3. The Morgan fingerprint density at radius 1 is 1.17 bits per heavy atom. The van der Waals surface area contributed by atoms with Gasteiger partial charge in [-0.1, -0.05) is 50.1 Å². The number of unbranched alkanes of at least 4 members (excludes halogenated alkanes) is 2. The third-order valence-corrected chi connectivity index (χ3v) is 4.38. The van der Waals surface area contributed by atoms with Crippen molar-refractivity contribution >= 4 is 17.8 Å². The van der Waals surface area contributed by atoms with Crippen LogP contribution in [0.1, 0.15) is 51.0 Å². The number of nitrogens with zero attached hydrogens (tertiary/aromatic N) is 1. The Balaban J connectivity index is 2.27. The van der Waals surface area contributed by atoms with Gasteiger partial charge in [0.15, 0.2) is 0 Å². The van der Waals surface area contributed by atoms with Crippen LogP contribution in [0.25, 0.3) is 0 Å².